The molecule has 140 valence electrons. The molecule has 0 unspecified atom stereocenters. The van der Waals surface area contributed by atoms with Gasteiger partial charge in [-0.05, 0) is 42.8 Å². The summed E-state index contributed by atoms with van der Waals surface area (Å²) in [4.78, 5) is 28.3. The molecule has 1 amide bonds. The molecular weight excluding hydrogens is 364 g/mol. The predicted octanol–water partition coefficient (Wildman–Crippen LogP) is 4.52. The molecule has 1 N–H and O–H groups in total. The molecule has 0 radical (unpaired) electrons. The van der Waals surface area contributed by atoms with Gasteiger partial charge in [0.15, 0.2) is 5.58 Å². The molecule has 0 atom stereocenters. The number of unbranched alkanes of at least 4 members (excludes halogenated alkanes) is 1. The summed E-state index contributed by atoms with van der Waals surface area (Å²) >= 11 is 1.23. The second-order valence-electron chi connectivity index (χ2n) is 5.85. The number of carbonyl (C=O) groups excluding carboxylic acids is 2. The minimum absolute atomic E-state index is 0.174. The van der Waals surface area contributed by atoms with E-state index in [2.05, 4.69) is 10.3 Å². The van der Waals surface area contributed by atoms with Crippen LogP contribution in [-0.2, 0) is 9.53 Å². The predicted molar refractivity (Wildman–Crippen MR) is 105 cm³/mol. The first-order valence-corrected chi connectivity index (χ1v) is 9.69. The van der Waals surface area contributed by atoms with Crippen LogP contribution in [0.25, 0.3) is 11.1 Å². The van der Waals surface area contributed by atoms with Crippen molar-refractivity contribution in [2.24, 2.45) is 0 Å². The number of nitrogens with one attached hydrogen (secondary N) is 1. The number of hydrogen-bond donors (Lipinski definition) is 1. The molecule has 1 aromatic heterocycles. The molecule has 1 heterocycles. The van der Waals surface area contributed by atoms with Crippen molar-refractivity contribution in [3.8, 4) is 0 Å². The van der Waals surface area contributed by atoms with Gasteiger partial charge in [-0.1, -0.05) is 37.2 Å². The van der Waals surface area contributed by atoms with E-state index in [1.54, 1.807) is 24.3 Å². The summed E-state index contributed by atoms with van der Waals surface area (Å²) in [6, 6.07) is 14.1. The average molecular weight is 384 g/mol. The van der Waals surface area contributed by atoms with Crippen LogP contribution < -0.4 is 5.32 Å². The van der Waals surface area contributed by atoms with E-state index in [4.69, 9.17) is 9.15 Å². The Bertz CT molecular complexity index is 888. The summed E-state index contributed by atoms with van der Waals surface area (Å²) < 4.78 is 10.7. The number of oxazole rings is 1. The molecule has 0 spiro atoms. The van der Waals surface area contributed by atoms with Gasteiger partial charge >= 0.3 is 5.97 Å². The number of benzene rings is 2. The van der Waals surface area contributed by atoms with Gasteiger partial charge in [-0.2, -0.15) is 0 Å². The van der Waals surface area contributed by atoms with Crippen LogP contribution in [0.15, 0.2) is 58.2 Å². The van der Waals surface area contributed by atoms with Crippen LogP contribution >= 0.6 is 11.8 Å². The molecule has 27 heavy (non-hydrogen) atoms. The van der Waals surface area contributed by atoms with Crippen molar-refractivity contribution < 1.29 is 18.7 Å². The summed E-state index contributed by atoms with van der Waals surface area (Å²) in [6.45, 7) is 2.45. The van der Waals surface area contributed by atoms with Gasteiger partial charge < -0.3 is 14.5 Å². The minimum atomic E-state index is -0.354. The number of fused-ring (bicyclic) bond motifs is 1. The molecule has 0 saturated carbocycles. The topological polar surface area (TPSA) is 81.4 Å². The van der Waals surface area contributed by atoms with Crippen LogP contribution in [0.4, 0.5) is 5.69 Å². The fourth-order valence-corrected chi connectivity index (χ4v) is 2.96. The molecule has 7 heteroatoms. The summed E-state index contributed by atoms with van der Waals surface area (Å²) in [5, 5.41) is 3.24. The van der Waals surface area contributed by atoms with Crippen LogP contribution in [0.3, 0.4) is 0 Å². The number of carbonyl (C=O) groups is 2. The number of rotatable bonds is 8. The zero-order valence-electron chi connectivity index (χ0n) is 14.9. The number of para-hydroxylation sites is 2. The van der Waals surface area contributed by atoms with Gasteiger partial charge in [-0.3, -0.25) is 4.79 Å². The number of esters is 1. The Hall–Kier alpha value is -2.80. The van der Waals surface area contributed by atoms with Crippen LogP contribution in [0, 0.1) is 0 Å². The molecule has 0 bridgehead atoms. The molecule has 6 nitrogen and oxygen atoms in total. The zero-order valence-corrected chi connectivity index (χ0v) is 15.8. The molecule has 0 aliphatic rings. The van der Waals surface area contributed by atoms with E-state index in [1.807, 2.05) is 31.2 Å². The maximum absolute atomic E-state index is 12.1. The quantitative estimate of drug-likeness (QED) is 0.349. The van der Waals surface area contributed by atoms with E-state index in [-0.39, 0.29) is 17.6 Å². The molecular formula is C20H20N2O4S. The lowest BCUT2D eigenvalue weighted by Crippen LogP contribution is -2.14. The molecule has 0 aliphatic heterocycles. The Morgan fingerprint density at radius 2 is 1.93 bits per heavy atom. The highest BCUT2D eigenvalue weighted by Crippen LogP contribution is 2.23. The van der Waals surface area contributed by atoms with Crippen LogP contribution in [0.2, 0.25) is 0 Å². The van der Waals surface area contributed by atoms with E-state index < -0.39 is 0 Å². The Labute approximate surface area is 161 Å². The summed E-state index contributed by atoms with van der Waals surface area (Å²) in [5.41, 5.74) is 2.54. The third-order valence-electron chi connectivity index (χ3n) is 3.74. The first kappa shape index (κ1) is 19.0. The number of ether oxygens (including phenoxy) is 1. The first-order chi connectivity index (χ1) is 13.2. The summed E-state index contributed by atoms with van der Waals surface area (Å²) in [5.74, 6) is -0.360. The van der Waals surface area contributed by atoms with Crippen molar-refractivity contribution in [1.29, 1.82) is 0 Å². The highest BCUT2D eigenvalue weighted by molar-refractivity contribution is 7.99. The Balaban J connectivity index is 1.49. The minimum Gasteiger partial charge on any atom is -0.462 e. The van der Waals surface area contributed by atoms with E-state index in [0.717, 1.165) is 18.4 Å². The smallest absolute Gasteiger partial charge is 0.338 e. The van der Waals surface area contributed by atoms with E-state index in [9.17, 15) is 9.59 Å². The highest BCUT2D eigenvalue weighted by Gasteiger charge is 2.10. The fraction of sp³-hybridized carbons (Fsp3) is 0.250. The number of amides is 1. The molecule has 3 aromatic rings. The average Bonchev–Trinajstić information content (AvgIpc) is 3.10. The molecule has 0 saturated heterocycles. The van der Waals surface area contributed by atoms with Crippen molar-refractivity contribution in [2.45, 2.75) is 25.0 Å². The van der Waals surface area contributed by atoms with Crippen LogP contribution in [0.1, 0.15) is 30.1 Å². The maximum Gasteiger partial charge on any atom is 0.338 e. The second-order valence-corrected chi connectivity index (χ2v) is 6.78. The van der Waals surface area contributed by atoms with Gasteiger partial charge in [0.05, 0.1) is 17.9 Å². The van der Waals surface area contributed by atoms with Gasteiger partial charge in [0.2, 0.25) is 5.91 Å². The van der Waals surface area contributed by atoms with Gasteiger partial charge in [0.1, 0.15) is 5.52 Å². The summed E-state index contributed by atoms with van der Waals surface area (Å²) in [6.07, 6.45) is 1.82. The molecule has 0 aliphatic carbocycles. The zero-order chi connectivity index (χ0) is 19.1. The number of aromatic nitrogens is 1. The number of nitrogens with zero attached hydrogens (tertiary/aromatic N) is 1. The monoisotopic (exact) mass is 384 g/mol. The number of thioether (sulfide) groups is 1. The van der Waals surface area contributed by atoms with Gasteiger partial charge in [0.25, 0.3) is 5.22 Å². The number of anilines is 1. The first-order valence-electron chi connectivity index (χ1n) is 8.71. The van der Waals surface area contributed by atoms with Crippen molar-refractivity contribution >= 4 is 40.4 Å². The van der Waals surface area contributed by atoms with Crippen LogP contribution in [0.5, 0.6) is 0 Å². The Morgan fingerprint density at radius 1 is 1.15 bits per heavy atom. The third kappa shape index (κ3) is 5.34. The largest absolute Gasteiger partial charge is 0.462 e. The van der Waals surface area contributed by atoms with E-state index >= 15 is 0 Å². The van der Waals surface area contributed by atoms with Gasteiger partial charge in [-0.15, -0.1) is 0 Å². The Morgan fingerprint density at radius 3 is 2.67 bits per heavy atom. The number of hydrogen-bond acceptors (Lipinski definition) is 6. The molecule has 0 fully saturated rings. The van der Waals surface area contributed by atoms with E-state index in [1.165, 1.54) is 11.8 Å². The van der Waals surface area contributed by atoms with Crippen molar-refractivity contribution in [3.05, 3.63) is 54.1 Å². The lowest BCUT2D eigenvalue weighted by molar-refractivity contribution is -0.113. The van der Waals surface area contributed by atoms with Crippen LogP contribution in [-0.4, -0.2) is 29.2 Å². The SMILES string of the molecule is CCCCOC(=O)c1ccc(NC(=O)CSc2nc3ccccc3o2)cc1. The fourth-order valence-electron chi connectivity index (χ4n) is 2.32. The van der Waals surface area contributed by atoms with Crippen molar-refractivity contribution in [1.82, 2.24) is 4.98 Å². The standard InChI is InChI=1S/C20H20N2O4S/c1-2-3-12-25-19(24)14-8-10-15(11-9-14)21-18(23)13-27-20-22-16-6-4-5-7-17(16)26-20/h4-11H,2-3,12-13H2,1H3,(H,21,23). The molecule has 3 rings (SSSR count). The lowest BCUT2D eigenvalue weighted by Gasteiger charge is -2.06. The Kier molecular flexibility index (Phi) is 6.49. The highest BCUT2D eigenvalue weighted by atomic mass is 32.2. The lowest BCUT2D eigenvalue weighted by atomic mass is 10.2. The van der Waals surface area contributed by atoms with E-state index in [0.29, 0.717) is 28.7 Å². The maximum atomic E-state index is 12.1. The van der Waals surface area contributed by atoms with Gasteiger partial charge in [0, 0.05) is 5.69 Å². The third-order valence-corrected chi connectivity index (χ3v) is 4.56. The summed E-state index contributed by atoms with van der Waals surface area (Å²) in [7, 11) is 0. The normalized spacial score (nSPS) is 10.7. The van der Waals surface area contributed by atoms with Crippen molar-refractivity contribution in [2.75, 3.05) is 17.7 Å². The van der Waals surface area contributed by atoms with Gasteiger partial charge in [-0.25, -0.2) is 9.78 Å². The second kappa shape index (κ2) is 9.23. The van der Waals surface area contributed by atoms with Crippen molar-refractivity contribution in [3.63, 3.8) is 0 Å². The molecule has 2 aromatic carbocycles.